The summed E-state index contributed by atoms with van der Waals surface area (Å²) in [6.07, 6.45) is 1.97. The topological polar surface area (TPSA) is 62.5 Å². The van der Waals surface area contributed by atoms with Crippen LogP contribution in [0.4, 0.5) is 0 Å². The molecule has 0 saturated heterocycles. The van der Waals surface area contributed by atoms with Gasteiger partial charge in [-0.05, 0) is 18.4 Å². The van der Waals surface area contributed by atoms with Crippen LogP contribution < -0.4 is 5.56 Å². The lowest BCUT2D eigenvalue weighted by Gasteiger charge is -2.09. The minimum Gasteiger partial charge on any atom is -0.290 e. The Morgan fingerprint density at radius 1 is 1.04 bits per heavy atom. The molecule has 0 atom stereocenters. The molecular formula is C19H16N4OS2. The summed E-state index contributed by atoms with van der Waals surface area (Å²) in [6.45, 7) is 0. The SMILES string of the molecule is CSC1=NN=C(c2c(-c3ccccc3)[nH]n(-c3ccccc3)c2=O)CS1. The van der Waals surface area contributed by atoms with Crippen LogP contribution in [0.1, 0.15) is 5.56 Å². The maximum Gasteiger partial charge on any atom is 0.281 e. The van der Waals surface area contributed by atoms with E-state index in [0.717, 1.165) is 21.3 Å². The number of nitrogens with one attached hydrogen (secondary N) is 1. The second-order valence-electron chi connectivity index (χ2n) is 5.61. The largest absolute Gasteiger partial charge is 0.290 e. The maximum atomic E-state index is 13.2. The molecule has 1 aliphatic heterocycles. The number of rotatable bonds is 3. The number of hydrogen-bond acceptors (Lipinski definition) is 5. The summed E-state index contributed by atoms with van der Waals surface area (Å²) in [5.41, 5.74) is 3.66. The highest BCUT2D eigenvalue weighted by atomic mass is 32.2. The maximum absolute atomic E-state index is 13.2. The van der Waals surface area contributed by atoms with Gasteiger partial charge in [-0.15, -0.1) is 16.9 Å². The first-order valence-corrected chi connectivity index (χ1v) is 10.3. The fourth-order valence-electron chi connectivity index (χ4n) is 2.79. The van der Waals surface area contributed by atoms with Gasteiger partial charge in [0.1, 0.15) is 0 Å². The second-order valence-corrected chi connectivity index (χ2v) is 7.63. The van der Waals surface area contributed by atoms with Crippen molar-refractivity contribution < 1.29 is 0 Å². The fraction of sp³-hybridized carbons (Fsp3) is 0.105. The van der Waals surface area contributed by atoms with E-state index in [1.165, 1.54) is 0 Å². The van der Waals surface area contributed by atoms with Crippen LogP contribution in [0.15, 0.2) is 75.7 Å². The highest BCUT2D eigenvalue weighted by Crippen LogP contribution is 2.26. The highest BCUT2D eigenvalue weighted by molar-refractivity contribution is 8.38. The Hall–Kier alpha value is -2.51. The molecule has 4 rings (SSSR count). The molecule has 0 spiro atoms. The third-order valence-electron chi connectivity index (χ3n) is 4.02. The van der Waals surface area contributed by atoms with Crippen molar-refractivity contribution in [2.45, 2.75) is 0 Å². The van der Waals surface area contributed by atoms with Crippen molar-refractivity contribution in [2.24, 2.45) is 10.2 Å². The van der Waals surface area contributed by atoms with Gasteiger partial charge < -0.3 is 0 Å². The molecule has 1 N–H and O–H groups in total. The standard InChI is InChI=1S/C19H16N4OS2/c1-25-19-21-20-15(12-26-19)16-17(13-8-4-2-5-9-13)22-23(18(16)24)14-10-6-3-7-11-14/h2-11,22H,12H2,1H3. The average molecular weight is 380 g/mol. The first-order chi connectivity index (χ1) is 12.8. The molecule has 2 aromatic carbocycles. The van der Waals surface area contributed by atoms with Crippen molar-refractivity contribution in [3.63, 3.8) is 0 Å². The zero-order chi connectivity index (χ0) is 17.9. The quantitative estimate of drug-likeness (QED) is 0.747. The van der Waals surface area contributed by atoms with Crippen LogP contribution in [0.5, 0.6) is 0 Å². The molecule has 0 saturated carbocycles. The Morgan fingerprint density at radius 3 is 2.35 bits per heavy atom. The summed E-state index contributed by atoms with van der Waals surface area (Å²) in [5.74, 6) is 0.626. The van der Waals surface area contributed by atoms with E-state index in [2.05, 4.69) is 15.3 Å². The van der Waals surface area contributed by atoms with E-state index in [-0.39, 0.29) is 5.56 Å². The summed E-state index contributed by atoms with van der Waals surface area (Å²) < 4.78 is 2.48. The summed E-state index contributed by atoms with van der Waals surface area (Å²) in [6, 6.07) is 19.4. The number of benzene rings is 2. The Bertz CT molecular complexity index is 1040. The van der Waals surface area contributed by atoms with Gasteiger partial charge in [0.2, 0.25) is 0 Å². The molecule has 7 heteroatoms. The number of hydrogen-bond donors (Lipinski definition) is 1. The number of para-hydroxylation sites is 1. The predicted octanol–water partition coefficient (Wildman–Crippen LogP) is 4.00. The normalized spacial score (nSPS) is 14.0. The number of aromatic amines is 1. The van der Waals surface area contributed by atoms with Gasteiger partial charge in [0, 0.05) is 11.3 Å². The minimum atomic E-state index is -0.114. The van der Waals surface area contributed by atoms with Crippen LogP contribution >= 0.6 is 23.5 Å². The van der Waals surface area contributed by atoms with Crippen LogP contribution in [0.3, 0.4) is 0 Å². The molecule has 0 fully saturated rings. The van der Waals surface area contributed by atoms with Crippen molar-refractivity contribution in [2.75, 3.05) is 12.0 Å². The Morgan fingerprint density at radius 2 is 1.73 bits per heavy atom. The number of nitrogens with zero attached hydrogens (tertiary/aromatic N) is 3. The summed E-state index contributed by atoms with van der Waals surface area (Å²) >= 11 is 3.17. The predicted molar refractivity (Wildman–Crippen MR) is 112 cm³/mol. The van der Waals surface area contributed by atoms with E-state index < -0.39 is 0 Å². The second kappa shape index (κ2) is 7.39. The smallest absolute Gasteiger partial charge is 0.281 e. The van der Waals surface area contributed by atoms with Gasteiger partial charge in [-0.2, -0.15) is 5.10 Å². The molecule has 3 aromatic rings. The third-order valence-corrected chi connectivity index (χ3v) is 6.05. The van der Waals surface area contributed by atoms with Gasteiger partial charge in [0.25, 0.3) is 5.56 Å². The molecule has 130 valence electrons. The molecule has 0 amide bonds. The molecule has 2 heterocycles. The molecule has 1 aliphatic rings. The molecule has 0 bridgehead atoms. The molecule has 1 aromatic heterocycles. The lowest BCUT2D eigenvalue weighted by Crippen LogP contribution is -2.23. The van der Waals surface area contributed by atoms with Crippen LogP contribution in [0.25, 0.3) is 16.9 Å². The lowest BCUT2D eigenvalue weighted by molar-refractivity contribution is 0.852. The molecule has 0 aliphatic carbocycles. The minimum absolute atomic E-state index is 0.114. The van der Waals surface area contributed by atoms with E-state index in [1.807, 2.05) is 66.9 Å². The molecule has 26 heavy (non-hydrogen) atoms. The van der Waals surface area contributed by atoms with E-state index >= 15 is 0 Å². The van der Waals surface area contributed by atoms with Gasteiger partial charge in [0.15, 0.2) is 4.38 Å². The van der Waals surface area contributed by atoms with E-state index in [4.69, 9.17) is 0 Å². The highest BCUT2D eigenvalue weighted by Gasteiger charge is 2.23. The van der Waals surface area contributed by atoms with Gasteiger partial charge in [-0.25, -0.2) is 4.68 Å². The molecule has 0 unspecified atom stereocenters. The first kappa shape index (κ1) is 16.9. The van der Waals surface area contributed by atoms with Gasteiger partial charge in [0.05, 0.1) is 22.7 Å². The van der Waals surface area contributed by atoms with Gasteiger partial charge in [-0.3, -0.25) is 9.89 Å². The molecular weight excluding hydrogens is 364 g/mol. The Balaban J connectivity index is 1.92. The van der Waals surface area contributed by atoms with Crippen molar-refractivity contribution in [1.82, 2.24) is 9.78 Å². The zero-order valence-electron chi connectivity index (χ0n) is 14.0. The average Bonchev–Trinajstić information content (AvgIpc) is 3.06. The van der Waals surface area contributed by atoms with Crippen molar-refractivity contribution >= 4 is 33.6 Å². The molecule has 0 radical (unpaired) electrons. The van der Waals surface area contributed by atoms with Crippen molar-refractivity contribution in [3.8, 4) is 16.9 Å². The summed E-state index contributed by atoms with van der Waals surface area (Å²) in [5, 5.41) is 11.8. The molecule has 5 nitrogen and oxygen atoms in total. The van der Waals surface area contributed by atoms with Crippen LogP contribution in [0, 0.1) is 0 Å². The van der Waals surface area contributed by atoms with Crippen LogP contribution in [-0.4, -0.2) is 31.9 Å². The Labute approximate surface area is 159 Å². The number of aromatic nitrogens is 2. The first-order valence-electron chi connectivity index (χ1n) is 8.05. The van der Waals surface area contributed by atoms with Crippen molar-refractivity contribution in [3.05, 3.63) is 76.6 Å². The van der Waals surface area contributed by atoms with Crippen LogP contribution in [0.2, 0.25) is 0 Å². The van der Waals surface area contributed by atoms with Crippen molar-refractivity contribution in [1.29, 1.82) is 0 Å². The fourth-order valence-corrected chi connectivity index (χ4v) is 4.12. The number of H-pyrrole nitrogens is 1. The van der Waals surface area contributed by atoms with Gasteiger partial charge >= 0.3 is 0 Å². The lowest BCUT2D eigenvalue weighted by atomic mass is 10.1. The third kappa shape index (κ3) is 3.15. The summed E-state index contributed by atoms with van der Waals surface area (Å²) in [4.78, 5) is 13.2. The van der Waals surface area contributed by atoms with E-state index in [0.29, 0.717) is 17.0 Å². The van der Waals surface area contributed by atoms with Crippen LogP contribution in [-0.2, 0) is 0 Å². The monoisotopic (exact) mass is 380 g/mol. The van der Waals surface area contributed by atoms with Gasteiger partial charge in [-0.1, -0.05) is 60.3 Å². The zero-order valence-corrected chi connectivity index (χ0v) is 15.7. The summed E-state index contributed by atoms with van der Waals surface area (Å²) in [7, 11) is 0. The Kier molecular flexibility index (Phi) is 4.81. The van der Waals surface area contributed by atoms with E-state index in [9.17, 15) is 4.79 Å². The van der Waals surface area contributed by atoms with E-state index in [1.54, 1.807) is 28.2 Å². The number of thioether (sulfide) groups is 2.